The van der Waals surface area contributed by atoms with Crippen LogP contribution in [-0.4, -0.2) is 9.78 Å². The van der Waals surface area contributed by atoms with E-state index in [0.29, 0.717) is 6.54 Å². The fourth-order valence-corrected chi connectivity index (χ4v) is 1.57. The zero-order valence-electron chi connectivity index (χ0n) is 9.07. The molecular weight excluding hydrogens is 186 g/mol. The third kappa shape index (κ3) is 1.92. The highest BCUT2D eigenvalue weighted by Crippen LogP contribution is 2.15. The second kappa shape index (κ2) is 3.87. The van der Waals surface area contributed by atoms with Gasteiger partial charge in [0.15, 0.2) is 0 Å². The van der Waals surface area contributed by atoms with E-state index in [-0.39, 0.29) is 0 Å². The Labute approximate surface area is 89.5 Å². The van der Waals surface area contributed by atoms with Crippen molar-refractivity contribution in [1.82, 2.24) is 9.78 Å². The molecule has 1 aromatic carbocycles. The van der Waals surface area contributed by atoms with Gasteiger partial charge in [0.25, 0.3) is 0 Å². The largest absolute Gasteiger partial charge is 0.326 e. The topological polar surface area (TPSA) is 43.8 Å². The van der Waals surface area contributed by atoms with Crippen molar-refractivity contribution in [3.63, 3.8) is 0 Å². The van der Waals surface area contributed by atoms with Gasteiger partial charge in [-0.05, 0) is 36.6 Å². The minimum absolute atomic E-state index is 0.563. The average Bonchev–Trinajstić information content (AvgIpc) is 2.65. The first-order valence-corrected chi connectivity index (χ1v) is 5.02. The van der Waals surface area contributed by atoms with Gasteiger partial charge in [0.2, 0.25) is 0 Å². The van der Waals surface area contributed by atoms with Gasteiger partial charge in [-0.3, -0.25) is 0 Å². The van der Waals surface area contributed by atoms with E-state index in [0.717, 1.165) is 16.8 Å². The van der Waals surface area contributed by atoms with Crippen LogP contribution in [0.5, 0.6) is 0 Å². The number of rotatable bonds is 2. The van der Waals surface area contributed by atoms with Gasteiger partial charge >= 0.3 is 0 Å². The highest BCUT2D eigenvalue weighted by molar-refractivity contribution is 5.42. The quantitative estimate of drug-likeness (QED) is 0.807. The number of aryl methyl sites for hydroxylation is 2. The third-order valence-corrected chi connectivity index (χ3v) is 2.47. The minimum Gasteiger partial charge on any atom is -0.326 e. The second-order valence-electron chi connectivity index (χ2n) is 3.79. The Morgan fingerprint density at radius 3 is 2.73 bits per heavy atom. The minimum atomic E-state index is 0.563. The molecule has 0 amide bonds. The molecule has 0 radical (unpaired) electrons. The number of benzene rings is 1. The van der Waals surface area contributed by atoms with E-state index in [2.05, 4.69) is 30.2 Å². The maximum absolute atomic E-state index is 5.62. The monoisotopic (exact) mass is 201 g/mol. The molecule has 2 N–H and O–H groups in total. The zero-order chi connectivity index (χ0) is 10.8. The molecule has 0 aliphatic carbocycles. The molecule has 0 bridgehead atoms. The Kier molecular flexibility index (Phi) is 2.56. The van der Waals surface area contributed by atoms with Gasteiger partial charge in [-0.1, -0.05) is 12.1 Å². The number of nitrogens with two attached hydrogens (primary N) is 1. The molecule has 0 aliphatic rings. The highest BCUT2D eigenvalue weighted by atomic mass is 15.3. The van der Waals surface area contributed by atoms with E-state index >= 15 is 0 Å². The van der Waals surface area contributed by atoms with Gasteiger partial charge in [-0.25, -0.2) is 4.68 Å². The summed E-state index contributed by atoms with van der Waals surface area (Å²) in [4.78, 5) is 0. The molecule has 0 aliphatic heterocycles. The fourth-order valence-electron chi connectivity index (χ4n) is 1.57. The lowest BCUT2D eigenvalue weighted by Gasteiger charge is -2.07. The highest BCUT2D eigenvalue weighted by Gasteiger charge is 2.03. The summed E-state index contributed by atoms with van der Waals surface area (Å²) in [5.41, 5.74) is 10.2. The summed E-state index contributed by atoms with van der Waals surface area (Å²) in [7, 11) is 0. The van der Waals surface area contributed by atoms with Crippen molar-refractivity contribution >= 4 is 0 Å². The van der Waals surface area contributed by atoms with Crippen molar-refractivity contribution in [2.45, 2.75) is 20.4 Å². The van der Waals surface area contributed by atoms with E-state index in [1.807, 2.05) is 24.0 Å². The molecule has 0 saturated carbocycles. The molecule has 0 atom stereocenters. The standard InChI is InChI=1S/C12H15N3/c1-9-7-14-15(8-9)12-5-11(6-13)4-3-10(12)2/h3-5,7-8H,6,13H2,1-2H3. The average molecular weight is 201 g/mol. The van der Waals surface area contributed by atoms with E-state index in [1.165, 1.54) is 5.56 Å². The summed E-state index contributed by atoms with van der Waals surface area (Å²) in [6.07, 6.45) is 3.87. The Balaban J connectivity index is 2.51. The summed E-state index contributed by atoms with van der Waals surface area (Å²) >= 11 is 0. The first-order valence-electron chi connectivity index (χ1n) is 5.02. The molecule has 78 valence electrons. The number of aromatic nitrogens is 2. The molecule has 0 spiro atoms. The number of nitrogens with zero attached hydrogens (tertiary/aromatic N) is 2. The number of hydrogen-bond donors (Lipinski definition) is 1. The normalized spacial score (nSPS) is 10.6. The van der Waals surface area contributed by atoms with Crippen LogP contribution in [0.3, 0.4) is 0 Å². The maximum atomic E-state index is 5.62. The van der Waals surface area contributed by atoms with Crippen LogP contribution in [0, 0.1) is 13.8 Å². The molecule has 1 heterocycles. The smallest absolute Gasteiger partial charge is 0.0678 e. The summed E-state index contributed by atoms with van der Waals surface area (Å²) in [6.45, 7) is 4.67. The molecule has 15 heavy (non-hydrogen) atoms. The van der Waals surface area contributed by atoms with Crippen LogP contribution >= 0.6 is 0 Å². The molecule has 2 aromatic rings. The summed E-state index contributed by atoms with van der Waals surface area (Å²) < 4.78 is 1.89. The van der Waals surface area contributed by atoms with Crippen molar-refractivity contribution in [3.05, 3.63) is 47.3 Å². The molecule has 0 fully saturated rings. The lowest BCUT2D eigenvalue weighted by atomic mass is 10.1. The van der Waals surface area contributed by atoms with Gasteiger partial charge in [0, 0.05) is 12.7 Å². The molecule has 2 rings (SSSR count). The molecule has 3 heteroatoms. The molecule has 3 nitrogen and oxygen atoms in total. The maximum Gasteiger partial charge on any atom is 0.0678 e. The summed E-state index contributed by atoms with van der Waals surface area (Å²) in [5.74, 6) is 0. The van der Waals surface area contributed by atoms with E-state index in [9.17, 15) is 0 Å². The Hall–Kier alpha value is -1.61. The second-order valence-corrected chi connectivity index (χ2v) is 3.79. The van der Waals surface area contributed by atoms with Crippen molar-refractivity contribution < 1.29 is 0 Å². The lowest BCUT2D eigenvalue weighted by Crippen LogP contribution is -2.01. The molecule has 0 saturated heterocycles. The Morgan fingerprint density at radius 2 is 2.13 bits per heavy atom. The van der Waals surface area contributed by atoms with Crippen molar-refractivity contribution in [2.75, 3.05) is 0 Å². The molecule has 1 aromatic heterocycles. The van der Waals surface area contributed by atoms with Gasteiger partial charge in [0.05, 0.1) is 11.9 Å². The van der Waals surface area contributed by atoms with Crippen molar-refractivity contribution in [2.24, 2.45) is 5.73 Å². The SMILES string of the molecule is Cc1cnn(-c2cc(CN)ccc2C)c1. The van der Waals surface area contributed by atoms with Crippen molar-refractivity contribution in [3.8, 4) is 5.69 Å². The van der Waals surface area contributed by atoms with Gasteiger partial charge < -0.3 is 5.73 Å². The number of hydrogen-bond acceptors (Lipinski definition) is 2. The third-order valence-electron chi connectivity index (χ3n) is 2.47. The Morgan fingerprint density at radius 1 is 1.33 bits per heavy atom. The predicted molar refractivity (Wildman–Crippen MR) is 60.9 cm³/mol. The predicted octanol–water partition coefficient (Wildman–Crippen LogP) is 1.95. The van der Waals surface area contributed by atoms with Crippen LogP contribution in [-0.2, 0) is 6.54 Å². The van der Waals surface area contributed by atoms with E-state index < -0.39 is 0 Å². The van der Waals surface area contributed by atoms with Gasteiger partial charge in [-0.2, -0.15) is 5.10 Å². The van der Waals surface area contributed by atoms with E-state index in [1.54, 1.807) is 0 Å². The Bertz CT molecular complexity index is 471. The van der Waals surface area contributed by atoms with Gasteiger partial charge in [0.1, 0.15) is 0 Å². The van der Waals surface area contributed by atoms with Crippen LogP contribution in [0.15, 0.2) is 30.6 Å². The zero-order valence-corrected chi connectivity index (χ0v) is 9.07. The van der Waals surface area contributed by atoms with Crippen LogP contribution in [0.4, 0.5) is 0 Å². The van der Waals surface area contributed by atoms with Gasteiger partial charge in [-0.15, -0.1) is 0 Å². The van der Waals surface area contributed by atoms with Crippen LogP contribution in [0.25, 0.3) is 5.69 Å². The van der Waals surface area contributed by atoms with Crippen LogP contribution < -0.4 is 5.73 Å². The first kappa shape index (κ1) is 9.93. The molecular formula is C12H15N3. The summed E-state index contributed by atoms with van der Waals surface area (Å²) in [5, 5.41) is 4.30. The van der Waals surface area contributed by atoms with E-state index in [4.69, 9.17) is 5.73 Å². The molecule has 0 unspecified atom stereocenters. The van der Waals surface area contributed by atoms with Crippen LogP contribution in [0.2, 0.25) is 0 Å². The lowest BCUT2D eigenvalue weighted by molar-refractivity contribution is 0.868. The summed E-state index contributed by atoms with van der Waals surface area (Å²) in [6, 6.07) is 6.21. The van der Waals surface area contributed by atoms with Crippen LogP contribution in [0.1, 0.15) is 16.7 Å². The fraction of sp³-hybridized carbons (Fsp3) is 0.250. The first-order chi connectivity index (χ1) is 7.20. The van der Waals surface area contributed by atoms with Crippen molar-refractivity contribution in [1.29, 1.82) is 0 Å².